The molecule has 0 amide bonds. The summed E-state index contributed by atoms with van der Waals surface area (Å²) in [4.78, 5) is 0. The predicted molar refractivity (Wildman–Crippen MR) is 120 cm³/mol. The average Bonchev–Trinajstić information content (AvgIpc) is 2.62. The molecule has 0 bridgehead atoms. The first-order valence-corrected chi connectivity index (χ1v) is 14.7. The van der Waals surface area contributed by atoms with E-state index in [9.17, 15) is 0 Å². The summed E-state index contributed by atoms with van der Waals surface area (Å²) in [7, 11) is -1.37. The number of hydrogen-bond acceptors (Lipinski definition) is 2. The Hall–Kier alpha value is -0.173. The number of ether oxygens (including phenoxy) is 2. The molecule has 1 aliphatic carbocycles. The highest BCUT2D eigenvalue weighted by atomic mass is 127. The maximum Gasteiger partial charge on any atom is 0.0861 e. The molecular formula is C22H33IO2Si. The largest absolute Gasteiger partial charge is 0.374 e. The molecule has 144 valence electrons. The van der Waals surface area contributed by atoms with Crippen LogP contribution in [0.1, 0.15) is 44.1 Å². The van der Waals surface area contributed by atoms with E-state index in [1.807, 2.05) is 6.07 Å². The second kappa shape index (κ2) is 9.35. The number of benzene rings is 1. The fraction of sp³-hybridized carbons (Fsp3) is 0.636. The molecule has 1 aliphatic heterocycles. The van der Waals surface area contributed by atoms with Crippen LogP contribution in [0, 0.1) is 5.92 Å². The van der Waals surface area contributed by atoms with Gasteiger partial charge in [0.15, 0.2) is 0 Å². The maximum absolute atomic E-state index is 6.72. The summed E-state index contributed by atoms with van der Waals surface area (Å²) in [6.45, 7) is 8.81. The van der Waals surface area contributed by atoms with Gasteiger partial charge >= 0.3 is 0 Å². The van der Waals surface area contributed by atoms with Crippen molar-refractivity contribution in [1.82, 2.24) is 0 Å². The zero-order valence-corrected chi connectivity index (χ0v) is 19.6. The van der Waals surface area contributed by atoms with Gasteiger partial charge in [-0.25, -0.2) is 0 Å². The van der Waals surface area contributed by atoms with Gasteiger partial charge in [-0.05, 0) is 55.7 Å². The zero-order chi connectivity index (χ0) is 18.6. The number of hydrogen-bond donors (Lipinski definition) is 0. The summed E-state index contributed by atoms with van der Waals surface area (Å²) < 4.78 is 14.3. The molecule has 1 aromatic rings. The topological polar surface area (TPSA) is 18.5 Å². The zero-order valence-electron chi connectivity index (χ0n) is 16.5. The lowest BCUT2D eigenvalue weighted by Crippen LogP contribution is -2.45. The smallest absolute Gasteiger partial charge is 0.0861 e. The van der Waals surface area contributed by atoms with Crippen LogP contribution in [0.15, 0.2) is 39.1 Å². The van der Waals surface area contributed by atoms with Crippen LogP contribution in [0.2, 0.25) is 19.6 Å². The van der Waals surface area contributed by atoms with Crippen LogP contribution in [0.25, 0.3) is 0 Å². The van der Waals surface area contributed by atoms with Gasteiger partial charge in [-0.15, -0.1) is 0 Å². The molecule has 0 unspecified atom stereocenters. The van der Waals surface area contributed by atoms with Gasteiger partial charge in [0.25, 0.3) is 0 Å². The quantitative estimate of drug-likeness (QED) is 0.339. The first kappa shape index (κ1) is 20.6. The standard InChI is InChI=1S/C22H33IO2Si/c1-26(2,3)22-20(23)14-19(16-24-15-17-10-6-4-7-11-17)25-21(22)18-12-8-5-9-13-18/h4,6-7,10-11,18-19,21H,5,8-9,12-16H2,1-3H3/t19-,21-/m1/s1. The van der Waals surface area contributed by atoms with Crippen molar-refractivity contribution >= 4 is 30.7 Å². The van der Waals surface area contributed by atoms with Gasteiger partial charge in [-0.1, -0.05) is 69.2 Å². The molecule has 1 aromatic carbocycles. The van der Waals surface area contributed by atoms with Crippen molar-refractivity contribution in [1.29, 1.82) is 0 Å². The first-order valence-electron chi connectivity index (χ1n) is 10.1. The first-order chi connectivity index (χ1) is 12.4. The predicted octanol–water partition coefficient (Wildman–Crippen LogP) is 6.51. The highest BCUT2D eigenvalue weighted by Crippen LogP contribution is 2.42. The van der Waals surface area contributed by atoms with Crippen LogP contribution >= 0.6 is 22.6 Å². The van der Waals surface area contributed by atoms with E-state index in [0.29, 0.717) is 25.2 Å². The minimum atomic E-state index is -1.37. The van der Waals surface area contributed by atoms with Crippen LogP contribution < -0.4 is 0 Å². The van der Waals surface area contributed by atoms with Crippen LogP contribution in [-0.4, -0.2) is 26.9 Å². The van der Waals surface area contributed by atoms with Crippen LogP contribution in [0.3, 0.4) is 0 Å². The monoisotopic (exact) mass is 484 g/mol. The van der Waals surface area contributed by atoms with E-state index < -0.39 is 8.07 Å². The third-order valence-electron chi connectivity index (χ3n) is 5.62. The molecule has 0 aromatic heterocycles. The van der Waals surface area contributed by atoms with Crippen LogP contribution in [0.4, 0.5) is 0 Å². The molecule has 0 N–H and O–H groups in total. The van der Waals surface area contributed by atoms with Crippen LogP contribution in [-0.2, 0) is 16.1 Å². The van der Waals surface area contributed by atoms with Crippen molar-refractivity contribution in [2.45, 2.75) is 77.0 Å². The Morgan fingerprint density at radius 1 is 1.08 bits per heavy atom. The maximum atomic E-state index is 6.72. The van der Waals surface area contributed by atoms with E-state index >= 15 is 0 Å². The Kier molecular flexibility index (Phi) is 7.39. The van der Waals surface area contributed by atoms with Gasteiger partial charge in [-0.3, -0.25) is 0 Å². The molecule has 0 spiro atoms. The second-order valence-electron chi connectivity index (χ2n) is 8.85. The molecule has 1 heterocycles. The van der Waals surface area contributed by atoms with Gasteiger partial charge in [0.1, 0.15) is 0 Å². The molecular weight excluding hydrogens is 451 g/mol. The number of halogens is 1. The Labute approximate surface area is 173 Å². The van der Waals surface area contributed by atoms with Gasteiger partial charge in [0.2, 0.25) is 0 Å². The van der Waals surface area contributed by atoms with E-state index in [0.717, 1.165) is 6.42 Å². The summed E-state index contributed by atoms with van der Waals surface area (Å²) in [5.41, 5.74) is 1.24. The lowest BCUT2D eigenvalue weighted by Gasteiger charge is -2.42. The molecule has 1 fully saturated rings. The van der Waals surface area contributed by atoms with E-state index in [1.165, 1.54) is 37.7 Å². The van der Waals surface area contributed by atoms with Crippen molar-refractivity contribution in [2.24, 2.45) is 5.92 Å². The summed E-state index contributed by atoms with van der Waals surface area (Å²) in [6.07, 6.45) is 8.38. The Morgan fingerprint density at radius 3 is 2.42 bits per heavy atom. The van der Waals surface area contributed by atoms with Crippen molar-refractivity contribution in [3.05, 3.63) is 44.7 Å². The van der Waals surface area contributed by atoms with Gasteiger partial charge in [-0.2, -0.15) is 0 Å². The molecule has 2 atom stereocenters. The van der Waals surface area contributed by atoms with E-state index in [2.05, 4.69) is 66.5 Å². The van der Waals surface area contributed by atoms with Crippen molar-refractivity contribution in [2.75, 3.05) is 6.61 Å². The van der Waals surface area contributed by atoms with Gasteiger partial charge in [0, 0.05) is 6.42 Å². The fourth-order valence-corrected chi connectivity index (χ4v) is 9.68. The third kappa shape index (κ3) is 5.43. The minimum Gasteiger partial charge on any atom is -0.374 e. The molecule has 1 saturated carbocycles. The summed E-state index contributed by atoms with van der Waals surface area (Å²) in [6, 6.07) is 10.4. The number of rotatable bonds is 6. The Bertz CT molecular complexity index is 602. The molecule has 4 heteroatoms. The van der Waals surface area contributed by atoms with Crippen molar-refractivity contribution in [3.63, 3.8) is 0 Å². The minimum absolute atomic E-state index is 0.206. The van der Waals surface area contributed by atoms with Crippen molar-refractivity contribution < 1.29 is 9.47 Å². The molecule has 26 heavy (non-hydrogen) atoms. The summed E-state index contributed by atoms with van der Waals surface area (Å²) in [5, 5.41) is 1.68. The normalized spacial score (nSPS) is 25.5. The van der Waals surface area contributed by atoms with Gasteiger partial charge in [0.05, 0.1) is 33.5 Å². The van der Waals surface area contributed by atoms with E-state index in [-0.39, 0.29) is 6.10 Å². The van der Waals surface area contributed by atoms with E-state index in [4.69, 9.17) is 9.47 Å². The molecule has 3 rings (SSSR count). The third-order valence-corrected chi connectivity index (χ3v) is 9.36. The lowest BCUT2D eigenvalue weighted by molar-refractivity contribution is -0.0747. The summed E-state index contributed by atoms with van der Waals surface area (Å²) in [5.74, 6) is 0.715. The average molecular weight is 484 g/mol. The SMILES string of the molecule is C[Si](C)(C)C1=C(I)C[C@H](COCc2ccccc2)O[C@@H]1C1CCCCC1. The molecule has 2 aliphatic rings. The fourth-order valence-electron chi connectivity index (χ4n) is 4.39. The van der Waals surface area contributed by atoms with E-state index in [1.54, 1.807) is 8.78 Å². The van der Waals surface area contributed by atoms with Gasteiger partial charge < -0.3 is 9.47 Å². The molecule has 2 nitrogen and oxygen atoms in total. The van der Waals surface area contributed by atoms with Crippen LogP contribution in [0.5, 0.6) is 0 Å². The second-order valence-corrected chi connectivity index (χ2v) is 15.2. The Balaban J connectivity index is 1.67. The molecule has 0 radical (unpaired) electrons. The highest BCUT2D eigenvalue weighted by molar-refractivity contribution is 14.1. The van der Waals surface area contributed by atoms with Crippen molar-refractivity contribution in [3.8, 4) is 0 Å². The molecule has 0 saturated heterocycles. The lowest BCUT2D eigenvalue weighted by atomic mass is 9.84. The highest BCUT2D eigenvalue weighted by Gasteiger charge is 2.40. The Morgan fingerprint density at radius 2 is 1.77 bits per heavy atom. The summed E-state index contributed by atoms with van der Waals surface area (Å²) >= 11 is 2.61.